The number of hydrogen-bond donors (Lipinski definition) is 1. The van der Waals surface area contributed by atoms with Crippen molar-refractivity contribution in [3.8, 4) is 0 Å². The lowest BCUT2D eigenvalue weighted by Crippen LogP contribution is -2.19. The van der Waals surface area contributed by atoms with Crippen molar-refractivity contribution < 1.29 is 17.6 Å². The fraction of sp³-hybridized carbons (Fsp3) is 0.333. The molecule has 2 rings (SSSR count). The highest BCUT2D eigenvalue weighted by Crippen LogP contribution is 2.32. The van der Waals surface area contributed by atoms with Gasteiger partial charge in [0, 0.05) is 11.6 Å². The van der Waals surface area contributed by atoms with Crippen LogP contribution in [0, 0.1) is 5.82 Å². The highest BCUT2D eigenvalue weighted by Gasteiger charge is 2.31. The number of nitrogens with one attached hydrogen (secondary N) is 1. The van der Waals surface area contributed by atoms with Crippen molar-refractivity contribution in [3.05, 3.63) is 57.5 Å². The van der Waals surface area contributed by atoms with Crippen molar-refractivity contribution >= 4 is 11.3 Å². The Kier molecular flexibility index (Phi) is 5.00. The van der Waals surface area contributed by atoms with E-state index in [1.54, 1.807) is 18.4 Å². The SMILES string of the molecule is CNC(CCc1ccsc1)c1cc(C(F)(F)F)ccc1F. The van der Waals surface area contributed by atoms with Gasteiger partial charge in [0.2, 0.25) is 0 Å². The molecule has 0 aliphatic heterocycles. The average molecular weight is 317 g/mol. The van der Waals surface area contributed by atoms with Gasteiger partial charge in [0.05, 0.1) is 5.56 Å². The van der Waals surface area contributed by atoms with Gasteiger partial charge in [0.15, 0.2) is 0 Å². The van der Waals surface area contributed by atoms with Gasteiger partial charge in [-0.1, -0.05) is 0 Å². The Bertz CT molecular complexity index is 578. The van der Waals surface area contributed by atoms with Crippen LogP contribution in [0.5, 0.6) is 0 Å². The Balaban J connectivity index is 2.20. The summed E-state index contributed by atoms with van der Waals surface area (Å²) in [7, 11) is 1.62. The van der Waals surface area contributed by atoms with E-state index in [1.807, 2.05) is 16.8 Å². The Morgan fingerprint density at radius 3 is 2.57 bits per heavy atom. The number of benzene rings is 1. The lowest BCUT2D eigenvalue weighted by Gasteiger charge is -2.19. The second-order valence-corrected chi connectivity index (χ2v) is 5.53. The van der Waals surface area contributed by atoms with Gasteiger partial charge in [0.25, 0.3) is 0 Å². The summed E-state index contributed by atoms with van der Waals surface area (Å²) in [5.41, 5.74) is 0.338. The van der Waals surface area contributed by atoms with Crippen LogP contribution >= 0.6 is 11.3 Å². The van der Waals surface area contributed by atoms with Gasteiger partial charge in [-0.15, -0.1) is 0 Å². The lowest BCUT2D eigenvalue weighted by molar-refractivity contribution is -0.137. The fourth-order valence-electron chi connectivity index (χ4n) is 2.19. The second kappa shape index (κ2) is 6.58. The molecule has 1 unspecified atom stereocenters. The van der Waals surface area contributed by atoms with Gasteiger partial charge in [0.1, 0.15) is 5.82 Å². The summed E-state index contributed by atoms with van der Waals surface area (Å²) in [6, 6.07) is 4.05. The molecule has 0 aliphatic rings. The smallest absolute Gasteiger partial charge is 0.313 e. The lowest BCUT2D eigenvalue weighted by atomic mass is 9.97. The van der Waals surface area contributed by atoms with E-state index in [0.717, 1.165) is 23.8 Å². The van der Waals surface area contributed by atoms with Crippen LogP contribution in [0.2, 0.25) is 0 Å². The van der Waals surface area contributed by atoms with E-state index in [9.17, 15) is 17.6 Å². The zero-order valence-corrected chi connectivity index (χ0v) is 12.2. The maximum atomic E-state index is 13.9. The molecule has 1 nitrogen and oxygen atoms in total. The van der Waals surface area contributed by atoms with Crippen LogP contribution in [-0.2, 0) is 12.6 Å². The quantitative estimate of drug-likeness (QED) is 0.781. The third-order valence-electron chi connectivity index (χ3n) is 3.35. The fourth-order valence-corrected chi connectivity index (χ4v) is 2.89. The molecule has 6 heteroatoms. The van der Waals surface area contributed by atoms with Gasteiger partial charge in [-0.05, 0) is 60.5 Å². The van der Waals surface area contributed by atoms with Crippen LogP contribution in [0.4, 0.5) is 17.6 Å². The number of hydrogen-bond acceptors (Lipinski definition) is 2. The van der Waals surface area contributed by atoms with E-state index in [0.29, 0.717) is 12.8 Å². The van der Waals surface area contributed by atoms with Crippen molar-refractivity contribution in [2.45, 2.75) is 25.1 Å². The molecule has 0 aliphatic carbocycles. The summed E-state index contributed by atoms with van der Waals surface area (Å²) >= 11 is 1.56. The molecule has 0 saturated heterocycles. The first kappa shape index (κ1) is 16.0. The van der Waals surface area contributed by atoms with E-state index in [4.69, 9.17) is 0 Å². The Labute approximate surface area is 124 Å². The molecule has 1 heterocycles. The number of rotatable bonds is 5. The molecule has 1 atom stereocenters. The highest BCUT2D eigenvalue weighted by molar-refractivity contribution is 7.07. The number of thiophene rings is 1. The molecule has 0 spiro atoms. The van der Waals surface area contributed by atoms with E-state index >= 15 is 0 Å². The zero-order chi connectivity index (χ0) is 15.5. The topological polar surface area (TPSA) is 12.0 Å². The molecule has 0 saturated carbocycles. The molecular weight excluding hydrogens is 302 g/mol. The molecule has 1 N–H and O–H groups in total. The summed E-state index contributed by atoms with van der Waals surface area (Å²) in [6.07, 6.45) is -3.25. The van der Waals surface area contributed by atoms with Crippen molar-refractivity contribution in [1.82, 2.24) is 5.32 Å². The summed E-state index contributed by atoms with van der Waals surface area (Å²) in [5, 5.41) is 6.82. The Morgan fingerprint density at radius 2 is 2.00 bits per heavy atom. The molecule has 0 radical (unpaired) electrons. The van der Waals surface area contributed by atoms with E-state index in [1.165, 1.54) is 0 Å². The van der Waals surface area contributed by atoms with Crippen LogP contribution < -0.4 is 5.32 Å². The van der Waals surface area contributed by atoms with Crippen LogP contribution in [0.15, 0.2) is 35.0 Å². The van der Waals surface area contributed by atoms with Crippen molar-refractivity contribution in [3.63, 3.8) is 0 Å². The third-order valence-corrected chi connectivity index (χ3v) is 4.08. The Hall–Kier alpha value is -1.40. The van der Waals surface area contributed by atoms with Crippen molar-refractivity contribution in [2.24, 2.45) is 0 Å². The molecule has 2 aromatic rings. The summed E-state index contributed by atoms with van der Waals surface area (Å²) in [5.74, 6) is -0.618. The van der Waals surface area contributed by atoms with Crippen molar-refractivity contribution in [1.29, 1.82) is 0 Å². The van der Waals surface area contributed by atoms with Gasteiger partial charge in [-0.3, -0.25) is 0 Å². The highest BCUT2D eigenvalue weighted by atomic mass is 32.1. The molecule has 0 fully saturated rings. The molecule has 0 bridgehead atoms. The molecule has 114 valence electrons. The van der Waals surface area contributed by atoms with Gasteiger partial charge >= 0.3 is 6.18 Å². The third kappa shape index (κ3) is 4.04. The van der Waals surface area contributed by atoms with E-state index < -0.39 is 23.6 Å². The average Bonchev–Trinajstić information content (AvgIpc) is 2.93. The number of aryl methyl sites for hydroxylation is 1. The molecule has 0 amide bonds. The van der Waals surface area contributed by atoms with Crippen LogP contribution in [-0.4, -0.2) is 7.05 Å². The first-order chi connectivity index (χ1) is 9.91. The standard InChI is InChI=1S/C15H15F4NS/c1-20-14(5-2-10-6-7-21-9-10)12-8-11(15(17,18)19)3-4-13(12)16/h3-4,6-9,14,20H,2,5H2,1H3. The Morgan fingerprint density at radius 1 is 1.24 bits per heavy atom. The summed E-state index contributed by atoms with van der Waals surface area (Å²) in [6.45, 7) is 0. The second-order valence-electron chi connectivity index (χ2n) is 4.75. The van der Waals surface area contributed by atoms with Gasteiger partial charge in [-0.25, -0.2) is 4.39 Å². The minimum absolute atomic E-state index is 0.0579. The summed E-state index contributed by atoms with van der Waals surface area (Å²) in [4.78, 5) is 0. The van der Waals surface area contributed by atoms with Crippen molar-refractivity contribution in [2.75, 3.05) is 7.05 Å². The predicted molar refractivity (Wildman–Crippen MR) is 75.8 cm³/mol. The molecule has 21 heavy (non-hydrogen) atoms. The summed E-state index contributed by atoms with van der Waals surface area (Å²) < 4.78 is 52.1. The largest absolute Gasteiger partial charge is 0.416 e. The molecule has 1 aromatic carbocycles. The number of halogens is 4. The zero-order valence-electron chi connectivity index (χ0n) is 11.4. The van der Waals surface area contributed by atoms with Crippen LogP contribution in [0.1, 0.15) is 29.2 Å². The predicted octanol–water partition coefficient (Wildman–Crippen LogP) is 4.80. The minimum atomic E-state index is -4.46. The maximum Gasteiger partial charge on any atom is 0.416 e. The van der Waals surface area contributed by atoms with E-state index in [-0.39, 0.29) is 5.56 Å². The molecular formula is C15H15F4NS. The van der Waals surface area contributed by atoms with Gasteiger partial charge in [-0.2, -0.15) is 24.5 Å². The first-order valence-electron chi connectivity index (χ1n) is 6.47. The monoisotopic (exact) mass is 317 g/mol. The molecule has 1 aromatic heterocycles. The van der Waals surface area contributed by atoms with Crippen LogP contribution in [0.25, 0.3) is 0 Å². The number of alkyl halides is 3. The first-order valence-corrected chi connectivity index (χ1v) is 7.41. The normalized spacial score (nSPS) is 13.4. The maximum absolute atomic E-state index is 13.9. The van der Waals surface area contributed by atoms with Crippen LogP contribution in [0.3, 0.4) is 0 Å². The van der Waals surface area contributed by atoms with E-state index in [2.05, 4.69) is 5.32 Å². The van der Waals surface area contributed by atoms with Gasteiger partial charge < -0.3 is 5.32 Å². The minimum Gasteiger partial charge on any atom is -0.313 e.